The Kier molecular flexibility index (Phi) is 21.6. The Morgan fingerprint density at radius 3 is 0.333 bits per heavy atom. The molecule has 596 valence electrons. The van der Waals surface area contributed by atoms with Gasteiger partial charge in [-0.2, -0.15) is 237 Å². The third-order valence-corrected chi connectivity index (χ3v) is 12.5. The van der Waals surface area contributed by atoms with Crippen LogP contribution in [-0.2, 0) is 4.74 Å². The normalized spacial score (nSPS) is 21.5. The maximum Gasteiger partial charge on any atom is 0.460 e. The molecule has 11 nitrogen and oxygen atoms in total. The van der Waals surface area contributed by atoms with E-state index in [1.165, 1.54) is 0 Å². The molecule has 67 heteroatoms. The van der Waals surface area contributed by atoms with Gasteiger partial charge in [0.25, 0.3) is 11.2 Å². The van der Waals surface area contributed by atoms with Gasteiger partial charge in [-0.3, -0.25) is 4.74 Å². The summed E-state index contributed by atoms with van der Waals surface area (Å²) in [5.74, 6) is -266. The molecular weight excluding hydrogens is 1620 g/mol. The minimum Gasteiger partial charge on any atom is -0.373 e. The molecule has 0 aromatic rings. The van der Waals surface area contributed by atoms with E-state index in [0.29, 0.717) is 0 Å². The van der Waals surface area contributed by atoms with Crippen LogP contribution in [0.3, 0.4) is 0 Å². The Hall–Kier alpha value is -4.36. The van der Waals surface area contributed by atoms with Gasteiger partial charge < -0.3 is 51.1 Å². The molecule has 0 aliphatic carbocycles. The lowest BCUT2D eigenvalue weighted by atomic mass is 9.69. The molecule has 8 unspecified atom stereocenters. The highest BCUT2D eigenvalue weighted by molar-refractivity contribution is 5.31. The summed E-state index contributed by atoms with van der Waals surface area (Å²) < 4.78 is 809. The molecule has 0 saturated heterocycles. The van der Waals surface area contributed by atoms with Crippen LogP contribution in [0, 0.1) is 0 Å². The fourth-order valence-corrected chi connectivity index (χ4v) is 6.60. The lowest BCUT2D eigenvalue weighted by Gasteiger charge is -2.59. The van der Waals surface area contributed by atoms with Crippen molar-refractivity contribution in [2.75, 3.05) is 0 Å². The fourth-order valence-electron chi connectivity index (χ4n) is 6.60. The Balaban J connectivity index is 11.0. The Bertz CT molecular complexity index is 2730. The maximum absolute atomic E-state index is 17.2. The van der Waals surface area contributed by atoms with Gasteiger partial charge in [-0.1, -0.05) is 0 Å². The zero-order valence-corrected chi connectivity index (χ0v) is 42.0. The number of hydrogen-bond donors (Lipinski definition) is 10. The summed E-state index contributed by atoms with van der Waals surface area (Å²) in [7, 11) is 0. The molecule has 0 aromatic heterocycles. The molecule has 0 bridgehead atoms. The standard InChI is InChI=1S/C32H10F56O11/c33-3(34,5(37,38)7(41,42)9(45,46)11(49,50)13(53,54)15(57,58)17(61,62)19(65,66)27(75,76)77)1(89,21(69,91)29(81,82)95)25(73,23(71,93)31(85,86)97)99-26(74,24(72,94)32(87,88)98)2(90,22(70,92)30(83,84)96)4(35,36)6(39,40)8(43,44)10(47,48)12(51,52)14(55,56)16(59,60)18(63,64)20(67,68)28(78,79)80/h89-98H. The molecule has 99 heavy (non-hydrogen) atoms. The van der Waals surface area contributed by atoms with Crippen molar-refractivity contribution in [2.24, 2.45) is 0 Å². The van der Waals surface area contributed by atoms with Gasteiger partial charge >= 0.3 is 179 Å². The van der Waals surface area contributed by atoms with Crippen LogP contribution in [0.2, 0.25) is 0 Å². The summed E-state index contributed by atoms with van der Waals surface area (Å²) in [5.41, 5.74) is -24.0. The van der Waals surface area contributed by atoms with Crippen molar-refractivity contribution in [3.05, 3.63) is 0 Å². The van der Waals surface area contributed by atoms with Gasteiger partial charge in [0, 0.05) is 0 Å². The summed E-state index contributed by atoms with van der Waals surface area (Å²) in [4.78, 5) is 0. The average Bonchev–Trinajstić information content (AvgIpc) is 0.652. The number of hydrogen-bond acceptors (Lipinski definition) is 11. The zero-order valence-electron chi connectivity index (χ0n) is 42.0. The molecule has 0 aliphatic rings. The van der Waals surface area contributed by atoms with Crippen LogP contribution in [0.5, 0.6) is 0 Å². The van der Waals surface area contributed by atoms with E-state index < -0.39 is 190 Å². The summed E-state index contributed by atoms with van der Waals surface area (Å²) in [6.07, 6.45) is -57.4. The molecule has 0 rings (SSSR count). The first-order valence-electron chi connectivity index (χ1n) is 20.7. The Morgan fingerprint density at radius 2 is 0.232 bits per heavy atom. The minimum atomic E-state index is -12.1. The van der Waals surface area contributed by atoms with Gasteiger partial charge in [0.2, 0.25) is 0 Å². The summed E-state index contributed by atoms with van der Waals surface area (Å²) in [5, 5.41) is 89.7. The second-order valence-electron chi connectivity index (χ2n) is 18.7. The van der Waals surface area contributed by atoms with Crippen molar-refractivity contribution in [1.29, 1.82) is 0 Å². The number of halogens is 56. The predicted octanol–water partition coefficient (Wildman–Crippen LogP) is 11.3. The number of alkyl halides is 56. The molecule has 0 amide bonds. The predicted molar refractivity (Wildman–Crippen MR) is 173 cm³/mol. The SMILES string of the molecule is OC(F)(F)C(O)(F)C(F)(OC(F)(C(O)(F)C(O)(F)F)C(O)(C(O)(F)C(O)(F)F)C(F)(F)C(F)(F)C(F)(F)C(F)(F)C(F)(F)C(F)(F)C(F)(F)C(F)(F)C(F)(F)C(F)(F)F)C(O)(C(O)(F)C(O)(F)F)C(F)(F)C(F)(F)C(F)(F)C(F)(F)C(F)(F)C(F)(F)C(F)(F)C(F)(F)C(F)(F)C(F)(F)F. The highest BCUT2D eigenvalue weighted by Gasteiger charge is 3.08. The highest BCUT2D eigenvalue weighted by atomic mass is 19.5. The van der Waals surface area contributed by atoms with Gasteiger partial charge in [-0.15, -0.1) is 0 Å². The van der Waals surface area contributed by atoms with Crippen molar-refractivity contribution >= 4 is 0 Å². The van der Waals surface area contributed by atoms with E-state index in [1.54, 1.807) is 0 Å². The smallest absolute Gasteiger partial charge is 0.373 e. The second-order valence-corrected chi connectivity index (χ2v) is 18.7. The molecule has 0 heterocycles. The Morgan fingerprint density at radius 1 is 0.131 bits per heavy atom. The Labute approximate surface area is 492 Å². The van der Waals surface area contributed by atoms with Crippen LogP contribution < -0.4 is 0 Å². The van der Waals surface area contributed by atoms with Crippen LogP contribution in [0.25, 0.3) is 0 Å². The summed E-state index contributed by atoms with van der Waals surface area (Å²) in [6, 6.07) is 0. The van der Waals surface area contributed by atoms with Crippen LogP contribution in [0.15, 0.2) is 0 Å². The molecule has 0 saturated carbocycles. The first kappa shape index (κ1) is 94.6. The first-order valence-corrected chi connectivity index (χ1v) is 20.7. The van der Waals surface area contributed by atoms with Gasteiger partial charge in [0.15, 0.2) is 0 Å². The van der Waals surface area contributed by atoms with E-state index in [1.807, 2.05) is 0 Å². The van der Waals surface area contributed by atoms with Gasteiger partial charge in [-0.05, 0) is 0 Å². The van der Waals surface area contributed by atoms with E-state index in [9.17, 15) is 177 Å². The lowest BCUT2D eigenvalue weighted by molar-refractivity contribution is -0.598. The molecule has 8 atom stereocenters. The van der Waals surface area contributed by atoms with Crippen LogP contribution in [0.4, 0.5) is 246 Å². The van der Waals surface area contributed by atoms with E-state index in [-0.39, 0.29) is 4.74 Å². The van der Waals surface area contributed by atoms with Crippen molar-refractivity contribution in [2.45, 2.75) is 190 Å². The van der Waals surface area contributed by atoms with Crippen molar-refractivity contribution in [3.8, 4) is 0 Å². The number of aliphatic hydroxyl groups is 10. The fraction of sp³-hybridized carbons (Fsp3) is 1.00. The van der Waals surface area contributed by atoms with Gasteiger partial charge in [0.05, 0.1) is 0 Å². The van der Waals surface area contributed by atoms with E-state index in [4.69, 9.17) is 40.9 Å². The monoisotopic (exact) mass is 1630 g/mol. The topological polar surface area (TPSA) is 212 Å². The molecule has 0 aliphatic heterocycles. The molecule has 0 aromatic carbocycles. The van der Waals surface area contributed by atoms with Crippen LogP contribution in [-0.4, -0.2) is 241 Å². The summed E-state index contributed by atoms with van der Waals surface area (Å²) in [6.45, 7) is 0. The number of ether oxygens (including phenoxy) is 1. The largest absolute Gasteiger partial charge is 0.460 e. The van der Waals surface area contributed by atoms with Crippen LogP contribution >= 0.6 is 0 Å². The summed E-state index contributed by atoms with van der Waals surface area (Å²) >= 11 is 0. The highest BCUT2D eigenvalue weighted by Crippen LogP contribution is 2.75. The van der Waals surface area contributed by atoms with Crippen molar-refractivity contribution in [3.63, 3.8) is 0 Å². The van der Waals surface area contributed by atoms with Gasteiger partial charge in [-0.25, -0.2) is 8.78 Å². The molecular formula is C32H10F56O11. The molecule has 0 radical (unpaired) electrons. The number of rotatable bonds is 30. The van der Waals surface area contributed by atoms with Gasteiger partial charge in [0.1, 0.15) is 0 Å². The van der Waals surface area contributed by atoms with E-state index in [0.717, 1.165) is 0 Å². The maximum atomic E-state index is 17.2. The average molecular weight is 1630 g/mol. The molecule has 0 spiro atoms. The lowest BCUT2D eigenvalue weighted by Crippen LogP contribution is -2.93. The quantitative estimate of drug-likeness (QED) is 0.0306. The van der Waals surface area contributed by atoms with Crippen molar-refractivity contribution < 1.29 is 302 Å². The second kappa shape index (κ2) is 22.6. The minimum absolute atomic E-state index is 0.216. The zero-order chi connectivity index (χ0) is 82.7. The van der Waals surface area contributed by atoms with Crippen molar-refractivity contribution in [1.82, 2.24) is 0 Å². The van der Waals surface area contributed by atoms with E-state index in [2.05, 4.69) is 0 Å². The third kappa shape index (κ3) is 10.7. The molecule has 0 fully saturated rings. The molecule has 10 N–H and O–H groups in total. The first-order chi connectivity index (χ1) is 41.2. The third-order valence-electron chi connectivity index (χ3n) is 12.5. The van der Waals surface area contributed by atoms with Crippen LogP contribution in [0.1, 0.15) is 0 Å². The van der Waals surface area contributed by atoms with E-state index >= 15 is 79.0 Å².